The normalized spacial score (nSPS) is 25.2. The minimum atomic E-state index is -1.63. The van der Waals surface area contributed by atoms with E-state index in [-0.39, 0.29) is 29.6 Å². The summed E-state index contributed by atoms with van der Waals surface area (Å²) in [4.78, 5) is 11.9. The molecule has 1 heterocycles. The Morgan fingerprint density at radius 2 is 1.70 bits per heavy atom. The van der Waals surface area contributed by atoms with Crippen LogP contribution in [0, 0.1) is 0 Å². The first-order chi connectivity index (χ1) is 15.7. The largest absolute Gasteiger partial charge is 0.504 e. The summed E-state index contributed by atoms with van der Waals surface area (Å²) in [6, 6.07) is 8.10. The van der Waals surface area contributed by atoms with E-state index in [9.17, 15) is 40.5 Å². The first-order valence-electron chi connectivity index (χ1n) is 9.85. The maximum atomic E-state index is 11.9. The van der Waals surface area contributed by atoms with Crippen molar-refractivity contribution < 1.29 is 54.8 Å². The van der Waals surface area contributed by atoms with E-state index in [0.717, 1.165) is 6.08 Å². The van der Waals surface area contributed by atoms with Crippen molar-refractivity contribution in [3.63, 3.8) is 0 Å². The van der Waals surface area contributed by atoms with Crippen LogP contribution in [0.2, 0.25) is 0 Å². The molecule has 33 heavy (non-hydrogen) atoms. The van der Waals surface area contributed by atoms with Crippen molar-refractivity contribution in [2.45, 2.75) is 37.3 Å². The molecule has 0 aromatic heterocycles. The zero-order chi connectivity index (χ0) is 24.1. The Labute approximate surface area is 188 Å². The SMILES string of the molecule is O=C(C=Cc1ccc(O)c(O)c1)OCc1ccc(O[C@@H]2O[C@H](CO)[C@@H](O)[C@H](O)[C@H]2O)c(O)c1. The fraction of sp³-hybridized carbons (Fsp3) is 0.318. The van der Waals surface area contributed by atoms with E-state index in [1.54, 1.807) is 0 Å². The van der Waals surface area contributed by atoms with Gasteiger partial charge in [0.1, 0.15) is 31.0 Å². The van der Waals surface area contributed by atoms with E-state index >= 15 is 0 Å². The number of benzene rings is 2. The lowest BCUT2D eigenvalue weighted by molar-refractivity contribution is -0.277. The monoisotopic (exact) mass is 464 g/mol. The van der Waals surface area contributed by atoms with Gasteiger partial charge in [-0.1, -0.05) is 12.1 Å². The number of phenolic OH excluding ortho intramolecular Hbond substituents is 3. The summed E-state index contributed by atoms with van der Waals surface area (Å²) >= 11 is 0. The highest BCUT2D eigenvalue weighted by Gasteiger charge is 2.44. The summed E-state index contributed by atoms with van der Waals surface area (Å²) in [7, 11) is 0. The van der Waals surface area contributed by atoms with Crippen LogP contribution >= 0.6 is 0 Å². The van der Waals surface area contributed by atoms with Gasteiger partial charge in [0.15, 0.2) is 23.0 Å². The average molecular weight is 464 g/mol. The molecule has 0 amide bonds. The molecule has 2 aromatic rings. The molecule has 0 radical (unpaired) electrons. The quantitative estimate of drug-likeness (QED) is 0.163. The van der Waals surface area contributed by atoms with Crippen molar-refractivity contribution >= 4 is 12.0 Å². The summed E-state index contributed by atoms with van der Waals surface area (Å²) in [5.41, 5.74) is 0.882. The number of esters is 1. The highest BCUT2D eigenvalue weighted by atomic mass is 16.7. The third-order valence-electron chi connectivity index (χ3n) is 4.91. The van der Waals surface area contributed by atoms with Crippen molar-refractivity contribution in [2.24, 2.45) is 0 Å². The minimum Gasteiger partial charge on any atom is -0.504 e. The number of aliphatic hydroxyl groups is 4. The Balaban J connectivity index is 1.57. The Kier molecular flexibility index (Phi) is 7.74. The molecular formula is C22H24O11. The molecule has 0 unspecified atom stereocenters. The number of hydrogen-bond acceptors (Lipinski definition) is 11. The van der Waals surface area contributed by atoms with Gasteiger partial charge in [0.25, 0.3) is 0 Å². The first-order valence-corrected chi connectivity index (χ1v) is 9.85. The zero-order valence-corrected chi connectivity index (χ0v) is 17.2. The highest BCUT2D eigenvalue weighted by molar-refractivity contribution is 5.87. The second kappa shape index (κ2) is 10.5. The molecule has 1 saturated heterocycles. The zero-order valence-electron chi connectivity index (χ0n) is 17.2. The molecule has 7 N–H and O–H groups in total. The lowest BCUT2D eigenvalue weighted by Gasteiger charge is -2.39. The van der Waals surface area contributed by atoms with Gasteiger partial charge in [-0.05, 0) is 41.5 Å². The Morgan fingerprint density at radius 3 is 2.36 bits per heavy atom. The Morgan fingerprint density at radius 1 is 0.939 bits per heavy atom. The molecule has 11 nitrogen and oxygen atoms in total. The Hall–Kier alpha value is -3.35. The van der Waals surface area contributed by atoms with E-state index < -0.39 is 43.3 Å². The van der Waals surface area contributed by atoms with Crippen molar-refractivity contribution in [3.8, 4) is 23.0 Å². The van der Waals surface area contributed by atoms with Gasteiger partial charge in [0.2, 0.25) is 6.29 Å². The van der Waals surface area contributed by atoms with E-state index in [2.05, 4.69) is 0 Å². The van der Waals surface area contributed by atoms with Gasteiger partial charge in [0, 0.05) is 6.08 Å². The maximum Gasteiger partial charge on any atom is 0.331 e. The van der Waals surface area contributed by atoms with Crippen molar-refractivity contribution in [1.29, 1.82) is 0 Å². The van der Waals surface area contributed by atoms with Gasteiger partial charge in [-0.3, -0.25) is 0 Å². The summed E-state index contributed by atoms with van der Waals surface area (Å²) in [6.45, 7) is -0.804. The molecular weight excluding hydrogens is 440 g/mol. The summed E-state index contributed by atoms with van der Waals surface area (Å²) in [6.07, 6.45) is -4.90. The van der Waals surface area contributed by atoms with Crippen LogP contribution in [0.1, 0.15) is 11.1 Å². The molecule has 2 aromatic carbocycles. The van der Waals surface area contributed by atoms with Gasteiger partial charge >= 0.3 is 5.97 Å². The average Bonchev–Trinajstić information content (AvgIpc) is 2.80. The maximum absolute atomic E-state index is 11.9. The molecule has 178 valence electrons. The number of ether oxygens (including phenoxy) is 3. The number of aromatic hydroxyl groups is 3. The van der Waals surface area contributed by atoms with Gasteiger partial charge in [-0.25, -0.2) is 4.79 Å². The summed E-state index contributed by atoms with van der Waals surface area (Å²) in [5, 5.41) is 67.8. The fourth-order valence-corrected chi connectivity index (χ4v) is 3.05. The van der Waals surface area contributed by atoms with Gasteiger partial charge < -0.3 is 50.0 Å². The van der Waals surface area contributed by atoms with E-state index in [1.807, 2.05) is 0 Å². The smallest absolute Gasteiger partial charge is 0.331 e. The molecule has 3 rings (SSSR count). The topological polar surface area (TPSA) is 186 Å². The summed E-state index contributed by atoms with van der Waals surface area (Å²) in [5.74, 6) is -1.78. The molecule has 0 bridgehead atoms. The predicted molar refractivity (Wildman–Crippen MR) is 111 cm³/mol. The van der Waals surface area contributed by atoms with Crippen LogP contribution in [0.25, 0.3) is 6.08 Å². The van der Waals surface area contributed by atoms with Crippen LogP contribution in [0.4, 0.5) is 0 Å². The van der Waals surface area contributed by atoms with Crippen LogP contribution in [-0.2, 0) is 20.9 Å². The van der Waals surface area contributed by atoms with Crippen LogP contribution < -0.4 is 4.74 Å². The van der Waals surface area contributed by atoms with Crippen molar-refractivity contribution in [2.75, 3.05) is 6.61 Å². The molecule has 1 aliphatic heterocycles. The second-order valence-corrected chi connectivity index (χ2v) is 7.31. The number of rotatable bonds is 7. The molecule has 11 heteroatoms. The number of carbonyl (C=O) groups is 1. The van der Waals surface area contributed by atoms with Crippen LogP contribution in [0.3, 0.4) is 0 Å². The van der Waals surface area contributed by atoms with E-state index in [4.69, 9.17) is 14.2 Å². The number of aliphatic hydroxyl groups excluding tert-OH is 4. The first kappa shape index (κ1) is 24.3. The van der Waals surface area contributed by atoms with Gasteiger partial charge in [-0.15, -0.1) is 0 Å². The molecule has 0 saturated carbocycles. The molecule has 5 atom stereocenters. The van der Waals surface area contributed by atoms with Crippen molar-refractivity contribution in [1.82, 2.24) is 0 Å². The molecule has 0 spiro atoms. The fourth-order valence-electron chi connectivity index (χ4n) is 3.05. The third kappa shape index (κ3) is 5.92. The summed E-state index contributed by atoms with van der Waals surface area (Å²) < 4.78 is 15.7. The Bertz CT molecular complexity index is 1000. The molecule has 0 aliphatic carbocycles. The standard InChI is InChI=1S/C22H24O11/c23-9-17-19(28)20(29)21(30)22(33-17)32-16-5-2-12(8-15(16)26)10-31-18(27)6-3-11-1-4-13(24)14(25)7-11/h1-8,17,19-26,28-30H,9-10H2/t17-,19-,20+,21-,22-/m1/s1. The lowest BCUT2D eigenvalue weighted by Crippen LogP contribution is -2.60. The third-order valence-corrected chi connectivity index (χ3v) is 4.91. The van der Waals surface area contributed by atoms with Gasteiger partial charge in [0.05, 0.1) is 6.61 Å². The number of phenols is 3. The van der Waals surface area contributed by atoms with E-state index in [0.29, 0.717) is 11.1 Å². The second-order valence-electron chi connectivity index (χ2n) is 7.31. The van der Waals surface area contributed by atoms with Gasteiger partial charge in [-0.2, -0.15) is 0 Å². The van der Waals surface area contributed by atoms with Crippen LogP contribution in [0.5, 0.6) is 23.0 Å². The minimum absolute atomic E-state index is 0.110. The number of carbonyl (C=O) groups excluding carboxylic acids is 1. The molecule has 1 fully saturated rings. The van der Waals surface area contributed by atoms with Crippen molar-refractivity contribution in [3.05, 3.63) is 53.6 Å². The highest BCUT2D eigenvalue weighted by Crippen LogP contribution is 2.31. The lowest BCUT2D eigenvalue weighted by atomic mass is 9.99. The van der Waals surface area contributed by atoms with E-state index in [1.165, 1.54) is 42.5 Å². The van der Waals surface area contributed by atoms with Crippen LogP contribution in [0.15, 0.2) is 42.5 Å². The number of hydrogen-bond donors (Lipinski definition) is 7. The van der Waals surface area contributed by atoms with Crippen LogP contribution in [-0.4, -0.2) is 79.0 Å². The molecule has 1 aliphatic rings. The predicted octanol–water partition coefficient (Wildman–Crippen LogP) is -0.261.